The molecule has 3 rings (SSSR count). The van der Waals surface area contributed by atoms with Gasteiger partial charge in [0.15, 0.2) is 0 Å². The van der Waals surface area contributed by atoms with Gasteiger partial charge in [-0.25, -0.2) is 4.98 Å². The molecule has 0 fully saturated rings. The van der Waals surface area contributed by atoms with E-state index in [9.17, 15) is 9.59 Å². The fourth-order valence-electron chi connectivity index (χ4n) is 2.72. The minimum absolute atomic E-state index is 0.0486. The monoisotopic (exact) mass is 341 g/mol. The maximum atomic E-state index is 12.5. The summed E-state index contributed by atoms with van der Waals surface area (Å²) in [4.78, 5) is 30.1. The van der Waals surface area contributed by atoms with Gasteiger partial charge in [-0.1, -0.05) is 6.07 Å². The van der Waals surface area contributed by atoms with Crippen LogP contribution >= 0.6 is 11.3 Å². The molecule has 1 N–H and O–H groups in total. The number of carbonyl (C=O) groups is 1. The number of hydrogen-bond donors (Lipinski definition) is 1. The first-order valence-corrected chi connectivity index (χ1v) is 8.74. The highest BCUT2D eigenvalue weighted by atomic mass is 32.1. The largest absolute Gasteiger partial charge is 0.345 e. The molecule has 5 nitrogen and oxygen atoms in total. The van der Waals surface area contributed by atoms with Crippen LogP contribution < -0.4 is 10.9 Å². The van der Waals surface area contributed by atoms with E-state index in [2.05, 4.69) is 10.3 Å². The second kappa shape index (κ2) is 6.57. The Kier molecular flexibility index (Phi) is 4.49. The Morgan fingerprint density at radius 1 is 1.38 bits per heavy atom. The molecule has 0 radical (unpaired) electrons. The molecule has 0 aliphatic rings. The van der Waals surface area contributed by atoms with Gasteiger partial charge in [0.25, 0.3) is 11.5 Å². The predicted octanol–water partition coefficient (Wildman–Crippen LogP) is 3.28. The molecule has 124 valence electrons. The molecule has 1 amide bonds. The Balaban J connectivity index is 1.94. The summed E-state index contributed by atoms with van der Waals surface area (Å²) in [7, 11) is 0. The fraction of sp³-hybridized carbons (Fsp3) is 0.278. The summed E-state index contributed by atoms with van der Waals surface area (Å²) in [5.41, 5.74) is 2.29. The Morgan fingerprint density at radius 3 is 2.83 bits per heavy atom. The highest BCUT2D eigenvalue weighted by Crippen LogP contribution is 2.19. The van der Waals surface area contributed by atoms with Crippen LogP contribution in [0.4, 0.5) is 0 Å². The lowest BCUT2D eigenvalue weighted by Gasteiger charge is -2.13. The van der Waals surface area contributed by atoms with E-state index in [0.29, 0.717) is 23.3 Å². The van der Waals surface area contributed by atoms with Crippen molar-refractivity contribution in [2.75, 3.05) is 0 Å². The predicted molar refractivity (Wildman–Crippen MR) is 96.6 cm³/mol. The molecular weight excluding hydrogens is 322 g/mol. The number of carbonyl (C=O) groups excluding carboxylic acids is 1. The number of hydrogen-bond acceptors (Lipinski definition) is 4. The third-order valence-corrected chi connectivity index (χ3v) is 5.06. The number of benzene rings is 1. The van der Waals surface area contributed by atoms with Crippen LogP contribution in [0.5, 0.6) is 0 Å². The van der Waals surface area contributed by atoms with E-state index in [1.54, 1.807) is 41.0 Å². The van der Waals surface area contributed by atoms with Crippen LogP contribution in [-0.2, 0) is 6.54 Å². The topological polar surface area (TPSA) is 64.0 Å². The number of rotatable bonds is 4. The van der Waals surface area contributed by atoms with E-state index < -0.39 is 0 Å². The van der Waals surface area contributed by atoms with Crippen molar-refractivity contribution in [2.45, 2.75) is 33.4 Å². The Labute approximate surface area is 144 Å². The summed E-state index contributed by atoms with van der Waals surface area (Å²) in [6.45, 7) is 6.14. The van der Waals surface area contributed by atoms with E-state index in [-0.39, 0.29) is 17.5 Å². The number of aryl methyl sites for hydroxylation is 2. The molecule has 1 atom stereocenters. The number of aromatic nitrogens is 2. The quantitative estimate of drug-likeness (QED) is 0.792. The fourth-order valence-corrected chi connectivity index (χ4v) is 3.45. The van der Waals surface area contributed by atoms with Crippen molar-refractivity contribution in [3.63, 3.8) is 0 Å². The molecule has 0 bridgehead atoms. The van der Waals surface area contributed by atoms with Crippen molar-refractivity contribution >= 4 is 28.3 Å². The lowest BCUT2D eigenvalue weighted by atomic mass is 10.1. The van der Waals surface area contributed by atoms with Crippen molar-refractivity contribution in [1.29, 1.82) is 0 Å². The third-order valence-electron chi connectivity index (χ3n) is 4.01. The van der Waals surface area contributed by atoms with Crippen LogP contribution in [0, 0.1) is 6.92 Å². The molecule has 2 aromatic heterocycles. The van der Waals surface area contributed by atoms with Crippen molar-refractivity contribution in [2.24, 2.45) is 0 Å². The number of thiophene rings is 1. The van der Waals surface area contributed by atoms with Crippen molar-refractivity contribution in [3.8, 4) is 0 Å². The highest BCUT2D eigenvalue weighted by molar-refractivity contribution is 7.10. The van der Waals surface area contributed by atoms with Crippen LogP contribution in [0.3, 0.4) is 0 Å². The number of fused-ring (bicyclic) bond motifs is 1. The van der Waals surface area contributed by atoms with Crippen LogP contribution in [0.1, 0.15) is 40.8 Å². The van der Waals surface area contributed by atoms with E-state index in [4.69, 9.17) is 0 Å². The maximum absolute atomic E-state index is 12.5. The van der Waals surface area contributed by atoms with E-state index in [1.807, 2.05) is 31.4 Å². The van der Waals surface area contributed by atoms with Gasteiger partial charge in [0.1, 0.15) is 5.69 Å². The van der Waals surface area contributed by atoms with Gasteiger partial charge in [0.05, 0.1) is 17.1 Å². The SMILES string of the molecule is CCn1c(=O)c(C)nc2cc(C(=O)N[C@H](C)c3cccs3)ccc21. The van der Waals surface area contributed by atoms with E-state index in [0.717, 1.165) is 10.4 Å². The standard InChI is InChI=1S/C18H19N3O2S/c1-4-21-15-8-7-13(10-14(15)19-12(3)18(21)23)17(22)20-11(2)16-6-5-9-24-16/h5-11H,4H2,1-3H3,(H,20,22)/t11-/m1/s1. The zero-order valence-corrected chi connectivity index (χ0v) is 14.7. The molecule has 0 aliphatic heterocycles. The first-order valence-electron chi connectivity index (χ1n) is 7.86. The maximum Gasteiger partial charge on any atom is 0.272 e. The molecule has 0 aliphatic carbocycles. The molecular formula is C18H19N3O2S. The van der Waals surface area contributed by atoms with Crippen LogP contribution in [-0.4, -0.2) is 15.5 Å². The summed E-state index contributed by atoms with van der Waals surface area (Å²) in [6, 6.07) is 9.19. The summed E-state index contributed by atoms with van der Waals surface area (Å²) in [5.74, 6) is -0.147. The van der Waals surface area contributed by atoms with Gasteiger partial charge in [-0.05, 0) is 50.4 Å². The molecule has 3 aromatic rings. The molecule has 0 saturated heterocycles. The average molecular weight is 341 g/mol. The smallest absolute Gasteiger partial charge is 0.272 e. The van der Waals surface area contributed by atoms with E-state index >= 15 is 0 Å². The van der Waals surface area contributed by atoms with Crippen LogP contribution in [0.2, 0.25) is 0 Å². The molecule has 0 unspecified atom stereocenters. The summed E-state index contributed by atoms with van der Waals surface area (Å²) < 4.78 is 1.67. The number of amides is 1. The molecule has 2 heterocycles. The lowest BCUT2D eigenvalue weighted by molar-refractivity contribution is 0.0940. The Hall–Kier alpha value is -2.47. The molecule has 0 spiro atoms. The van der Waals surface area contributed by atoms with Gasteiger partial charge in [-0.2, -0.15) is 0 Å². The highest BCUT2D eigenvalue weighted by Gasteiger charge is 2.14. The second-order valence-electron chi connectivity index (χ2n) is 5.66. The number of nitrogens with one attached hydrogen (secondary N) is 1. The van der Waals surface area contributed by atoms with Crippen molar-refractivity contribution in [1.82, 2.24) is 14.9 Å². The zero-order chi connectivity index (χ0) is 17.3. The lowest BCUT2D eigenvalue weighted by Crippen LogP contribution is -2.27. The minimum Gasteiger partial charge on any atom is -0.345 e. The van der Waals surface area contributed by atoms with Crippen molar-refractivity contribution in [3.05, 3.63) is 62.2 Å². The minimum atomic E-state index is -0.147. The van der Waals surface area contributed by atoms with Crippen molar-refractivity contribution < 1.29 is 4.79 Å². The van der Waals surface area contributed by atoms with Gasteiger partial charge in [0, 0.05) is 17.0 Å². The van der Waals surface area contributed by atoms with Gasteiger partial charge in [-0.3, -0.25) is 9.59 Å². The normalized spacial score (nSPS) is 12.3. The van der Waals surface area contributed by atoms with Gasteiger partial charge >= 0.3 is 0 Å². The Bertz CT molecular complexity index is 945. The van der Waals surface area contributed by atoms with Crippen LogP contribution in [0.15, 0.2) is 40.5 Å². The van der Waals surface area contributed by atoms with Gasteiger partial charge in [0.2, 0.25) is 0 Å². The van der Waals surface area contributed by atoms with Gasteiger partial charge < -0.3 is 9.88 Å². The zero-order valence-electron chi connectivity index (χ0n) is 13.9. The summed E-state index contributed by atoms with van der Waals surface area (Å²) in [6.07, 6.45) is 0. The average Bonchev–Trinajstić information content (AvgIpc) is 3.10. The molecule has 24 heavy (non-hydrogen) atoms. The third kappa shape index (κ3) is 2.97. The van der Waals surface area contributed by atoms with Crippen LogP contribution in [0.25, 0.3) is 11.0 Å². The Morgan fingerprint density at radius 2 is 2.17 bits per heavy atom. The second-order valence-corrected chi connectivity index (χ2v) is 6.64. The first-order chi connectivity index (χ1) is 11.5. The molecule has 6 heteroatoms. The van der Waals surface area contributed by atoms with E-state index in [1.165, 1.54) is 0 Å². The van der Waals surface area contributed by atoms with Gasteiger partial charge in [-0.15, -0.1) is 11.3 Å². The number of nitrogens with zero attached hydrogens (tertiary/aromatic N) is 2. The summed E-state index contributed by atoms with van der Waals surface area (Å²) in [5, 5.41) is 4.98. The summed E-state index contributed by atoms with van der Waals surface area (Å²) >= 11 is 1.61. The first kappa shape index (κ1) is 16.4. The molecule has 0 saturated carbocycles. The molecule has 1 aromatic carbocycles.